The van der Waals surface area contributed by atoms with Crippen molar-refractivity contribution in [1.82, 2.24) is 0 Å². The van der Waals surface area contributed by atoms with E-state index in [-0.39, 0.29) is 11.9 Å². The van der Waals surface area contributed by atoms with Gasteiger partial charge in [-0.1, -0.05) is 42.5 Å². The fourth-order valence-electron chi connectivity index (χ4n) is 2.66. The van der Waals surface area contributed by atoms with Crippen molar-refractivity contribution < 1.29 is 14.3 Å². The molecule has 1 aliphatic heterocycles. The van der Waals surface area contributed by atoms with Crippen molar-refractivity contribution in [2.45, 2.75) is 13.8 Å². The maximum Gasteiger partial charge on any atom is 0.338 e. The molecule has 1 amide bonds. The third-order valence-corrected chi connectivity index (χ3v) is 4.04. The standard InChI is InChI=1S/C22H20N2O3/c1-3-27-22(26)18-12-14-19(15-13-18)24-21(25)20(16(2)23-24)11-7-10-17-8-5-4-6-9-17/h4-15H,3H2,1-2H3/b10-7+,20-11+. The molecule has 3 rings (SSSR count). The Bertz CT molecular complexity index is 926. The van der Waals surface area contributed by atoms with Crippen LogP contribution in [0.4, 0.5) is 5.69 Å². The van der Waals surface area contributed by atoms with Crippen LogP contribution in [0, 0.1) is 0 Å². The highest BCUT2D eigenvalue weighted by Gasteiger charge is 2.28. The van der Waals surface area contributed by atoms with Crippen LogP contribution >= 0.6 is 0 Å². The Labute approximate surface area is 158 Å². The summed E-state index contributed by atoms with van der Waals surface area (Å²) in [5.41, 5.74) is 3.28. The summed E-state index contributed by atoms with van der Waals surface area (Å²) in [6.45, 7) is 3.87. The Hall–Kier alpha value is -3.47. The number of ether oxygens (including phenoxy) is 1. The summed E-state index contributed by atoms with van der Waals surface area (Å²) in [4.78, 5) is 24.4. The van der Waals surface area contributed by atoms with Gasteiger partial charge in [-0.15, -0.1) is 0 Å². The van der Waals surface area contributed by atoms with Crippen LogP contribution in [0.3, 0.4) is 0 Å². The number of esters is 1. The number of rotatable bonds is 5. The molecule has 0 saturated heterocycles. The third kappa shape index (κ3) is 4.20. The first kappa shape index (κ1) is 18.3. The van der Waals surface area contributed by atoms with E-state index < -0.39 is 0 Å². The van der Waals surface area contributed by atoms with E-state index in [1.54, 1.807) is 44.2 Å². The lowest BCUT2D eigenvalue weighted by atomic mass is 10.1. The number of hydrogen-bond acceptors (Lipinski definition) is 4. The maximum absolute atomic E-state index is 12.7. The average Bonchev–Trinajstić information content (AvgIpc) is 2.97. The van der Waals surface area contributed by atoms with Crippen molar-refractivity contribution in [3.05, 3.63) is 83.4 Å². The van der Waals surface area contributed by atoms with Crippen molar-refractivity contribution in [3.63, 3.8) is 0 Å². The lowest BCUT2D eigenvalue weighted by molar-refractivity contribution is -0.114. The smallest absolute Gasteiger partial charge is 0.338 e. The van der Waals surface area contributed by atoms with Gasteiger partial charge in [0, 0.05) is 0 Å². The van der Waals surface area contributed by atoms with Crippen molar-refractivity contribution in [2.24, 2.45) is 5.10 Å². The number of nitrogens with zero attached hydrogens (tertiary/aromatic N) is 2. The quantitative estimate of drug-likeness (QED) is 0.592. The zero-order valence-electron chi connectivity index (χ0n) is 15.3. The van der Waals surface area contributed by atoms with Gasteiger partial charge in [0.05, 0.1) is 29.1 Å². The molecule has 5 heteroatoms. The molecule has 0 saturated carbocycles. The van der Waals surface area contributed by atoms with E-state index in [0.29, 0.717) is 29.1 Å². The normalized spacial score (nSPS) is 15.5. The van der Waals surface area contributed by atoms with E-state index >= 15 is 0 Å². The van der Waals surface area contributed by atoms with Gasteiger partial charge in [-0.25, -0.2) is 4.79 Å². The predicted octanol–water partition coefficient (Wildman–Crippen LogP) is 4.23. The highest BCUT2D eigenvalue weighted by molar-refractivity contribution is 6.29. The predicted molar refractivity (Wildman–Crippen MR) is 107 cm³/mol. The molecular formula is C22H20N2O3. The number of benzene rings is 2. The summed E-state index contributed by atoms with van der Waals surface area (Å²) in [7, 11) is 0. The second-order valence-electron chi connectivity index (χ2n) is 5.92. The first-order chi connectivity index (χ1) is 13.1. The fraction of sp³-hybridized carbons (Fsp3) is 0.136. The Morgan fingerprint density at radius 1 is 1.11 bits per heavy atom. The van der Waals surface area contributed by atoms with E-state index in [4.69, 9.17) is 4.74 Å². The van der Waals surface area contributed by atoms with Crippen LogP contribution in [0.25, 0.3) is 6.08 Å². The summed E-state index contributed by atoms with van der Waals surface area (Å²) in [6, 6.07) is 16.5. The Kier molecular flexibility index (Phi) is 5.61. The number of carbonyl (C=O) groups is 2. The third-order valence-electron chi connectivity index (χ3n) is 4.04. The highest BCUT2D eigenvalue weighted by atomic mass is 16.5. The maximum atomic E-state index is 12.7. The molecule has 2 aromatic carbocycles. The Balaban J connectivity index is 1.76. The van der Waals surface area contributed by atoms with Crippen LogP contribution in [-0.4, -0.2) is 24.2 Å². The van der Waals surface area contributed by atoms with Gasteiger partial charge >= 0.3 is 5.97 Å². The highest BCUT2D eigenvalue weighted by Crippen LogP contribution is 2.24. The molecule has 2 aromatic rings. The second-order valence-corrected chi connectivity index (χ2v) is 5.92. The molecule has 0 bridgehead atoms. The van der Waals surface area contributed by atoms with Gasteiger partial charge in [0.2, 0.25) is 0 Å². The summed E-state index contributed by atoms with van der Waals surface area (Å²) in [6.07, 6.45) is 5.54. The molecule has 0 unspecified atom stereocenters. The SMILES string of the molecule is CCOC(=O)c1ccc(N2N=C(C)/C(=C\C=C\c3ccccc3)C2=O)cc1. The van der Waals surface area contributed by atoms with Gasteiger partial charge in [0.25, 0.3) is 5.91 Å². The molecule has 136 valence electrons. The summed E-state index contributed by atoms with van der Waals surface area (Å²) in [5.74, 6) is -0.586. The molecule has 0 aromatic heterocycles. The van der Waals surface area contributed by atoms with Gasteiger partial charge in [0.1, 0.15) is 0 Å². The van der Waals surface area contributed by atoms with Crippen LogP contribution in [0.5, 0.6) is 0 Å². The molecule has 0 fully saturated rings. The summed E-state index contributed by atoms with van der Waals surface area (Å²) < 4.78 is 4.97. The molecule has 0 atom stereocenters. The van der Waals surface area contributed by atoms with Crippen LogP contribution in [0.1, 0.15) is 29.8 Å². The van der Waals surface area contributed by atoms with E-state index in [1.165, 1.54) is 5.01 Å². The average molecular weight is 360 g/mol. The minimum atomic E-state index is -0.386. The number of hydrazone groups is 1. The molecule has 1 heterocycles. The van der Waals surface area contributed by atoms with Crippen molar-refractivity contribution in [2.75, 3.05) is 11.6 Å². The van der Waals surface area contributed by atoms with Crippen LogP contribution in [0.15, 0.2) is 77.4 Å². The van der Waals surface area contributed by atoms with Crippen LogP contribution in [-0.2, 0) is 9.53 Å². The number of carbonyl (C=O) groups excluding carboxylic acids is 2. The van der Waals surface area contributed by atoms with E-state index in [1.807, 2.05) is 42.5 Å². The number of allylic oxidation sites excluding steroid dienone is 2. The molecular weight excluding hydrogens is 340 g/mol. The number of hydrogen-bond donors (Lipinski definition) is 0. The Morgan fingerprint density at radius 2 is 1.81 bits per heavy atom. The lowest BCUT2D eigenvalue weighted by Gasteiger charge is -2.12. The molecule has 0 radical (unpaired) electrons. The zero-order valence-corrected chi connectivity index (χ0v) is 15.3. The number of amides is 1. The lowest BCUT2D eigenvalue weighted by Crippen LogP contribution is -2.21. The van der Waals surface area contributed by atoms with Gasteiger partial charge in [0.15, 0.2) is 0 Å². The molecule has 0 N–H and O–H groups in total. The van der Waals surface area contributed by atoms with Gasteiger partial charge in [-0.2, -0.15) is 10.1 Å². The first-order valence-electron chi connectivity index (χ1n) is 8.71. The van der Waals surface area contributed by atoms with Crippen molar-refractivity contribution in [1.29, 1.82) is 0 Å². The van der Waals surface area contributed by atoms with Gasteiger partial charge in [-0.05, 0) is 49.8 Å². The molecule has 1 aliphatic rings. The zero-order chi connectivity index (χ0) is 19.2. The molecule has 0 aliphatic carbocycles. The molecule has 27 heavy (non-hydrogen) atoms. The van der Waals surface area contributed by atoms with E-state index in [2.05, 4.69) is 5.10 Å². The topological polar surface area (TPSA) is 59.0 Å². The van der Waals surface area contributed by atoms with Crippen LogP contribution < -0.4 is 5.01 Å². The first-order valence-corrected chi connectivity index (χ1v) is 8.71. The van der Waals surface area contributed by atoms with Crippen molar-refractivity contribution in [3.8, 4) is 0 Å². The summed E-state index contributed by atoms with van der Waals surface area (Å²) in [5, 5.41) is 5.68. The Morgan fingerprint density at radius 3 is 2.48 bits per heavy atom. The van der Waals surface area contributed by atoms with Crippen molar-refractivity contribution >= 4 is 29.4 Å². The van der Waals surface area contributed by atoms with E-state index in [0.717, 1.165) is 5.56 Å². The molecule has 0 spiro atoms. The second kappa shape index (κ2) is 8.27. The monoisotopic (exact) mass is 360 g/mol. The van der Waals surface area contributed by atoms with Gasteiger partial charge < -0.3 is 4.74 Å². The van der Waals surface area contributed by atoms with Gasteiger partial charge in [-0.3, -0.25) is 4.79 Å². The largest absolute Gasteiger partial charge is 0.462 e. The van der Waals surface area contributed by atoms with E-state index in [9.17, 15) is 9.59 Å². The fourth-order valence-corrected chi connectivity index (χ4v) is 2.66. The minimum Gasteiger partial charge on any atom is -0.462 e. The summed E-state index contributed by atoms with van der Waals surface area (Å²) >= 11 is 0. The molecule has 5 nitrogen and oxygen atoms in total. The van der Waals surface area contributed by atoms with Crippen LogP contribution in [0.2, 0.25) is 0 Å². The number of anilines is 1. The minimum absolute atomic E-state index is 0.200.